The number of carbonyl (C=O) groups excluding carboxylic acids is 2. The van der Waals surface area contributed by atoms with Gasteiger partial charge in [0.1, 0.15) is 11.6 Å². The molecule has 2 N–H and O–H groups in total. The van der Waals surface area contributed by atoms with Gasteiger partial charge in [0.2, 0.25) is 0 Å². The van der Waals surface area contributed by atoms with Gasteiger partial charge in [-0.05, 0) is 6.42 Å². The molecule has 1 atom stereocenters. The maximum Gasteiger partial charge on any atom is 0.352 e. The molecule has 1 fully saturated rings. The number of carbonyl (C=O) groups is 2. The fourth-order valence-corrected chi connectivity index (χ4v) is 2.77. The van der Waals surface area contributed by atoms with E-state index in [0.29, 0.717) is 12.2 Å². The van der Waals surface area contributed by atoms with Crippen LogP contribution in [-0.2, 0) is 28.5 Å². The van der Waals surface area contributed by atoms with Crippen molar-refractivity contribution >= 4 is 11.9 Å². The lowest BCUT2D eigenvalue weighted by Gasteiger charge is -2.31. The summed E-state index contributed by atoms with van der Waals surface area (Å²) in [5, 5.41) is 5.88. The maximum absolute atomic E-state index is 12.2. The summed E-state index contributed by atoms with van der Waals surface area (Å²) >= 11 is 0. The van der Waals surface area contributed by atoms with Gasteiger partial charge in [0.25, 0.3) is 5.79 Å². The van der Waals surface area contributed by atoms with Crippen molar-refractivity contribution in [2.24, 2.45) is 5.92 Å². The van der Waals surface area contributed by atoms with Gasteiger partial charge in [-0.15, -0.1) is 0 Å². The van der Waals surface area contributed by atoms with E-state index in [-0.39, 0.29) is 17.3 Å². The van der Waals surface area contributed by atoms with E-state index in [9.17, 15) is 9.59 Å². The van der Waals surface area contributed by atoms with Crippen LogP contribution in [0.5, 0.6) is 0 Å². The largest absolute Gasteiger partial charge is 0.497 e. The van der Waals surface area contributed by atoms with Crippen LogP contribution in [0, 0.1) is 5.92 Å². The molecule has 25 heavy (non-hydrogen) atoms. The van der Waals surface area contributed by atoms with Crippen molar-refractivity contribution in [3.63, 3.8) is 0 Å². The summed E-state index contributed by atoms with van der Waals surface area (Å²) in [7, 11) is 4.74. The Morgan fingerprint density at radius 3 is 2.28 bits per heavy atom. The molecule has 0 saturated carbocycles. The zero-order chi connectivity index (χ0) is 18.8. The van der Waals surface area contributed by atoms with Gasteiger partial charge in [0, 0.05) is 38.6 Å². The second-order valence-corrected chi connectivity index (χ2v) is 6.22. The molecule has 1 heterocycles. The van der Waals surface area contributed by atoms with E-state index in [4.69, 9.17) is 18.9 Å². The van der Waals surface area contributed by atoms with Crippen LogP contribution in [-0.4, -0.2) is 39.0 Å². The Hall–Kier alpha value is -2.64. The van der Waals surface area contributed by atoms with Gasteiger partial charge in [-0.1, -0.05) is 6.92 Å². The fraction of sp³-hybridized carbons (Fsp3) is 0.529. The van der Waals surface area contributed by atoms with Crippen molar-refractivity contribution < 1.29 is 28.5 Å². The molecule has 1 aliphatic heterocycles. The molecule has 0 spiro atoms. The molecule has 0 aromatic carbocycles. The average molecular weight is 352 g/mol. The molecule has 1 aliphatic carbocycles. The Kier molecular flexibility index (Phi) is 5.30. The smallest absolute Gasteiger partial charge is 0.352 e. The van der Waals surface area contributed by atoms with Crippen molar-refractivity contribution in [2.45, 2.75) is 33.0 Å². The lowest BCUT2D eigenvalue weighted by molar-refractivity contribution is -0.222. The van der Waals surface area contributed by atoms with E-state index in [1.165, 1.54) is 13.8 Å². The predicted octanol–water partition coefficient (Wildman–Crippen LogP) is 1.27. The Morgan fingerprint density at radius 1 is 1.20 bits per heavy atom. The number of esters is 2. The first kappa shape index (κ1) is 18.7. The minimum absolute atomic E-state index is 0.0692. The lowest BCUT2D eigenvalue weighted by Crippen LogP contribution is -2.44. The summed E-state index contributed by atoms with van der Waals surface area (Å²) in [6, 6.07) is 0. The van der Waals surface area contributed by atoms with Gasteiger partial charge in [0.05, 0.1) is 14.2 Å². The molecular weight excluding hydrogens is 328 g/mol. The fourth-order valence-electron chi connectivity index (χ4n) is 2.77. The topological polar surface area (TPSA) is 95.1 Å². The number of allylic oxidation sites excluding steroid dienone is 3. The number of hydrogen-bond donors (Lipinski definition) is 2. The van der Waals surface area contributed by atoms with Gasteiger partial charge in [-0.3, -0.25) is 0 Å². The van der Waals surface area contributed by atoms with Crippen molar-refractivity contribution in [3.8, 4) is 0 Å². The number of cyclic esters (lactones) is 2. The zero-order valence-electron chi connectivity index (χ0n) is 15.3. The molecule has 0 bridgehead atoms. The predicted molar refractivity (Wildman–Crippen MR) is 88.4 cm³/mol. The lowest BCUT2D eigenvalue weighted by atomic mass is 9.96. The number of methoxy groups -OCH3 is 2. The first-order valence-corrected chi connectivity index (χ1v) is 7.90. The van der Waals surface area contributed by atoms with Crippen molar-refractivity contribution in [1.29, 1.82) is 0 Å². The van der Waals surface area contributed by atoms with E-state index in [0.717, 1.165) is 11.5 Å². The van der Waals surface area contributed by atoms with Crippen molar-refractivity contribution in [1.82, 2.24) is 10.6 Å². The minimum Gasteiger partial charge on any atom is -0.497 e. The van der Waals surface area contributed by atoms with Crippen LogP contribution in [0.3, 0.4) is 0 Å². The maximum atomic E-state index is 12.2. The van der Waals surface area contributed by atoms with E-state index >= 15 is 0 Å². The van der Waals surface area contributed by atoms with Gasteiger partial charge in [-0.25, -0.2) is 9.59 Å². The molecule has 8 heteroatoms. The van der Waals surface area contributed by atoms with Crippen LogP contribution in [0.2, 0.25) is 0 Å². The van der Waals surface area contributed by atoms with Crippen LogP contribution in [0.4, 0.5) is 0 Å². The molecule has 0 radical (unpaired) electrons. The molecule has 0 amide bonds. The Labute approximate surface area is 146 Å². The Balaban J connectivity index is 2.34. The molecule has 8 nitrogen and oxygen atoms in total. The number of hydrogen-bond acceptors (Lipinski definition) is 8. The van der Waals surface area contributed by atoms with Crippen LogP contribution in [0.25, 0.3) is 0 Å². The minimum atomic E-state index is -1.28. The highest BCUT2D eigenvalue weighted by Crippen LogP contribution is 2.30. The third kappa shape index (κ3) is 3.89. The monoisotopic (exact) mass is 352 g/mol. The summed E-state index contributed by atoms with van der Waals surface area (Å²) in [5.74, 6) is -1.18. The van der Waals surface area contributed by atoms with Crippen molar-refractivity contribution in [3.05, 3.63) is 34.7 Å². The van der Waals surface area contributed by atoms with Crippen LogP contribution < -0.4 is 10.6 Å². The molecule has 138 valence electrons. The number of nitrogens with one attached hydrogen (secondary N) is 2. The third-order valence-electron chi connectivity index (χ3n) is 3.83. The highest BCUT2D eigenvalue weighted by molar-refractivity contribution is 6.15. The summed E-state index contributed by atoms with van der Waals surface area (Å²) in [6.07, 6.45) is 2.38. The highest BCUT2D eigenvalue weighted by Gasteiger charge is 2.41. The molecular formula is C17H24N2O6. The number of rotatable bonds is 5. The SMILES string of the molecule is CNC(NC1=CC(OC)=C(OC)C(C)C1)=C1C(=O)OC(C)(C)OC1=O. The Morgan fingerprint density at radius 2 is 1.80 bits per heavy atom. The van der Waals surface area contributed by atoms with Crippen LogP contribution >= 0.6 is 0 Å². The van der Waals surface area contributed by atoms with Gasteiger partial charge in [-0.2, -0.15) is 0 Å². The standard InChI is InChI=1S/C17H24N2O6/c1-9-7-10(8-11(22-5)13(9)23-6)19-14(18-4)12-15(20)24-17(2,3)25-16(12)21/h8-9,18-19H,7H2,1-6H3. The molecule has 0 aromatic rings. The Bertz CT molecular complexity index is 653. The summed E-state index contributed by atoms with van der Waals surface area (Å²) < 4.78 is 21.0. The summed E-state index contributed by atoms with van der Waals surface area (Å²) in [4.78, 5) is 24.4. The van der Waals surface area contributed by atoms with E-state index in [1.807, 2.05) is 6.92 Å². The van der Waals surface area contributed by atoms with Crippen LogP contribution in [0.1, 0.15) is 27.2 Å². The third-order valence-corrected chi connectivity index (χ3v) is 3.83. The second kappa shape index (κ2) is 7.08. The highest BCUT2D eigenvalue weighted by atomic mass is 16.7. The first-order chi connectivity index (χ1) is 11.7. The zero-order valence-corrected chi connectivity index (χ0v) is 15.3. The summed E-state index contributed by atoms with van der Waals surface area (Å²) in [6.45, 7) is 4.99. The van der Waals surface area contributed by atoms with Gasteiger partial charge in [0.15, 0.2) is 11.3 Å². The van der Waals surface area contributed by atoms with Gasteiger partial charge < -0.3 is 29.6 Å². The van der Waals surface area contributed by atoms with Crippen molar-refractivity contribution in [2.75, 3.05) is 21.3 Å². The second-order valence-electron chi connectivity index (χ2n) is 6.22. The normalized spacial score (nSPS) is 22.6. The van der Waals surface area contributed by atoms with E-state index < -0.39 is 17.7 Å². The first-order valence-electron chi connectivity index (χ1n) is 7.90. The van der Waals surface area contributed by atoms with Gasteiger partial charge >= 0.3 is 11.9 Å². The molecule has 1 saturated heterocycles. The van der Waals surface area contributed by atoms with E-state index in [2.05, 4.69) is 10.6 Å². The molecule has 2 rings (SSSR count). The molecule has 2 aliphatic rings. The van der Waals surface area contributed by atoms with Crippen LogP contribution in [0.15, 0.2) is 34.7 Å². The average Bonchev–Trinajstić information content (AvgIpc) is 2.51. The number of ether oxygens (including phenoxy) is 4. The molecule has 1 unspecified atom stereocenters. The van der Waals surface area contributed by atoms with E-state index in [1.54, 1.807) is 27.3 Å². The quantitative estimate of drug-likeness (QED) is 0.434. The molecule has 0 aromatic heterocycles. The summed E-state index contributed by atoms with van der Waals surface area (Å²) in [5.41, 5.74) is 0.545.